The van der Waals surface area contributed by atoms with Crippen molar-refractivity contribution in [3.8, 4) is 0 Å². The molecule has 1 aromatic carbocycles. The van der Waals surface area contributed by atoms with Gasteiger partial charge in [0.15, 0.2) is 5.09 Å². The molecule has 1 aromatic heterocycles. The van der Waals surface area contributed by atoms with Crippen molar-refractivity contribution in [3.63, 3.8) is 0 Å². The molecule has 0 saturated carbocycles. The van der Waals surface area contributed by atoms with Crippen molar-refractivity contribution < 1.29 is 18.7 Å². The van der Waals surface area contributed by atoms with Gasteiger partial charge in [-0.3, -0.25) is 9.93 Å². The zero-order valence-corrected chi connectivity index (χ0v) is 20.0. The van der Waals surface area contributed by atoms with E-state index in [2.05, 4.69) is 38.7 Å². The number of rotatable bonds is 5. The molecule has 0 aliphatic rings. The molecule has 170 valence electrons. The maximum Gasteiger partial charge on any atom is 0.204 e. The molecule has 6 N–H and O–H groups in total. The molecular weight excluding hydrogens is 405 g/mol. The molecule has 0 radical (unpaired) electrons. The summed E-state index contributed by atoms with van der Waals surface area (Å²) in [5.41, 5.74) is 7.29. The van der Waals surface area contributed by atoms with E-state index in [9.17, 15) is 9.50 Å². The normalized spacial score (nSPS) is 10.8. The van der Waals surface area contributed by atoms with Crippen LogP contribution in [0.5, 0.6) is 0 Å². The maximum absolute atomic E-state index is 13.4. The van der Waals surface area contributed by atoms with Crippen LogP contribution in [0.2, 0.25) is 0 Å². The van der Waals surface area contributed by atoms with Crippen LogP contribution in [0.4, 0.5) is 10.1 Å². The summed E-state index contributed by atoms with van der Waals surface area (Å²) in [6.45, 7) is 13.6. The van der Waals surface area contributed by atoms with Gasteiger partial charge < -0.3 is 20.6 Å². The number of halogens is 1. The summed E-state index contributed by atoms with van der Waals surface area (Å²) >= 11 is 1.04. The monoisotopic (exact) mass is 441 g/mol. The highest BCUT2D eigenvalue weighted by molar-refractivity contribution is 7.96. The van der Waals surface area contributed by atoms with Crippen LogP contribution in [0.1, 0.15) is 75.8 Å². The van der Waals surface area contributed by atoms with E-state index in [-0.39, 0.29) is 12.2 Å². The van der Waals surface area contributed by atoms with Gasteiger partial charge in [0.05, 0.1) is 5.60 Å². The van der Waals surface area contributed by atoms with E-state index in [4.69, 9.17) is 14.4 Å². The summed E-state index contributed by atoms with van der Waals surface area (Å²) in [6, 6.07) is 5.02. The highest BCUT2D eigenvalue weighted by Crippen LogP contribution is 2.33. The third kappa shape index (κ3) is 8.38. The molecule has 1 heterocycles. The molecule has 0 spiro atoms. The van der Waals surface area contributed by atoms with E-state index in [0.717, 1.165) is 40.1 Å². The second-order valence-electron chi connectivity index (χ2n) is 7.87. The van der Waals surface area contributed by atoms with Crippen molar-refractivity contribution in [1.82, 2.24) is 0 Å². The van der Waals surface area contributed by atoms with Crippen molar-refractivity contribution >= 4 is 24.0 Å². The lowest BCUT2D eigenvalue weighted by Crippen LogP contribution is -2.15. The van der Waals surface area contributed by atoms with Crippen molar-refractivity contribution in [1.29, 1.82) is 0 Å². The average Bonchev–Trinajstić information content (AvgIpc) is 3.03. The van der Waals surface area contributed by atoms with E-state index in [1.165, 1.54) is 0 Å². The molecular formula is C22H36FN3O3S. The van der Waals surface area contributed by atoms with Crippen LogP contribution in [0, 0.1) is 12.7 Å². The summed E-state index contributed by atoms with van der Waals surface area (Å²) in [4.78, 5) is 8.58. The van der Waals surface area contributed by atoms with Crippen LogP contribution in [-0.4, -0.2) is 18.6 Å². The number of hydrogen-bond donors (Lipinski definition) is 4. The molecule has 2 rings (SSSR count). The van der Waals surface area contributed by atoms with Gasteiger partial charge in [-0.25, -0.2) is 4.39 Å². The first-order chi connectivity index (χ1) is 13.8. The number of hydrogen-bond acceptors (Lipinski definition) is 6. The molecule has 30 heavy (non-hydrogen) atoms. The Balaban J connectivity index is 0.000000505. The highest BCUT2D eigenvalue weighted by atomic mass is 32.2. The van der Waals surface area contributed by atoms with Crippen LogP contribution in [0.15, 0.2) is 27.7 Å². The zero-order valence-electron chi connectivity index (χ0n) is 19.2. The molecule has 0 aliphatic heterocycles. The number of aliphatic hydroxyl groups is 1. The van der Waals surface area contributed by atoms with Gasteiger partial charge in [0.2, 0.25) is 6.41 Å². The Morgan fingerprint density at radius 2 is 1.60 bits per heavy atom. The van der Waals surface area contributed by atoms with Gasteiger partial charge in [-0.1, -0.05) is 27.7 Å². The van der Waals surface area contributed by atoms with Gasteiger partial charge in [0.25, 0.3) is 0 Å². The fourth-order valence-corrected chi connectivity index (χ4v) is 3.33. The minimum absolute atomic E-state index is 0.138. The first-order valence-electron chi connectivity index (χ1n) is 9.70. The standard InChI is InChI=1S/C13H20FN.C8H13NO2S.CH3NO/c1-8(2)11-6-10(14)7-12(9(3)4)13(11)15-5;1-5-6(8(2,3)10)4-7(11-5)12-9;2-1-3/h6-9,15H,1-5H3;4,10H,9H2,1-3H3;1H,(H2,2,3). The Hall–Kier alpha value is -2.03. The van der Waals surface area contributed by atoms with Crippen molar-refractivity contribution in [2.24, 2.45) is 10.9 Å². The van der Waals surface area contributed by atoms with E-state index >= 15 is 0 Å². The van der Waals surface area contributed by atoms with Crippen molar-refractivity contribution in [2.75, 3.05) is 12.4 Å². The number of amides is 1. The van der Waals surface area contributed by atoms with E-state index in [0.29, 0.717) is 16.9 Å². The van der Waals surface area contributed by atoms with Gasteiger partial charge in [-0.05, 0) is 73.9 Å². The number of anilines is 1. The third-order valence-corrected chi connectivity index (χ3v) is 4.76. The maximum atomic E-state index is 13.4. The third-order valence-electron chi connectivity index (χ3n) is 4.33. The fourth-order valence-electron chi connectivity index (χ4n) is 2.97. The van der Waals surface area contributed by atoms with Crippen LogP contribution < -0.4 is 16.2 Å². The molecule has 0 bridgehead atoms. The molecule has 8 heteroatoms. The van der Waals surface area contributed by atoms with E-state index in [1.807, 2.05) is 14.0 Å². The van der Waals surface area contributed by atoms with Crippen LogP contribution in [-0.2, 0) is 10.4 Å². The zero-order chi connectivity index (χ0) is 23.6. The average molecular weight is 442 g/mol. The number of aryl methyl sites for hydroxylation is 1. The quantitative estimate of drug-likeness (QED) is 0.384. The molecule has 0 saturated heterocycles. The molecule has 0 atom stereocenters. The van der Waals surface area contributed by atoms with Crippen LogP contribution in [0.3, 0.4) is 0 Å². The Morgan fingerprint density at radius 1 is 1.17 bits per heavy atom. The first-order valence-corrected chi connectivity index (χ1v) is 10.6. The van der Waals surface area contributed by atoms with E-state index in [1.54, 1.807) is 32.0 Å². The summed E-state index contributed by atoms with van der Waals surface area (Å²) in [5, 5.41) is 18.8. The second-order valence-corrected chi connectivity index (χ2v) is 8.50. The number of carbonyl (C=O) groups is 1. The van der Waals surface area contributed by atoms with Gasteiger partial charge in [-0.15, -0.1) is 0 Å². The van der Waals surface area contributed by atoms with Gasteiger partial charge in [-0.2, -0.15) is 0 Å². The number of nitrogens with one attached hydrogen (secondary N) is 1. The van der Waals surface area contributed by atoms with Crippen molar-refractivity contribution in [3.05, 3.63) is 46.5 Å². The summed E-state index contributed by atoms with van der Waals surface area (Å²) in [5.74, 6) is 1.25. The lowest BCUT2D eigenvalue weighted by atomic mass is 9.92. The number of nitrogens with two attached hydrogens (primary N) is 2. The SMILES string of the molecule is CNc1c(C(C)C)cc(F)cc1C(C)C.Cc1oc(SN)cc1C(C)(C)O.NC=O. The molecule has 0 aliphatic carbocycles. The molecule has 2 aromatic rings. The van der Waals surface area contributed by atoms with Crippen LogP contribution >= 0.6 is 11.9 Å². The number of carbonyl (C=O) groups excluding carboxylic acids is 1. The largest absolute Gasteiger partial charge is 0.453 e. The predicted molar refractivity (Wildman–Crippen MR) is 123 cm³/mol. The molecule has 1 amide bonds. The first kappa shape index (κ1) is 28.0. The van der Waals surface area contributed by atoms with Crippen molar-refractivity contribution in [2.45, 2.75) is 71.0 Å². The smallest absolute Gasteiger partial charge is 0.204 e. The predicted octanol–water partition coefficient (Wildman–Crippen LogP) is 5.00. The summed E-state index contributed by atoms with van der Waals surface area (Å²) in [7, 11) is 1.89. The minimum Gasteiger partial charge on any atom is -0.453 e. The van der Waals surface area contributed by atoms with Gasteiger partial charge >= 0.3 is 0 Å². The molecule has 6 nitrogen and oxygen atoms in total. The lowest BCUT2D eigenvalue weighted by Gasteiger charge is -2.19. The Labute approximate surface area is 183 Å². The number of primary amides is 1. The molecule has 0 unspecified atom stereocenters. The number of furan rings is 1. The number of benzene rings is 1. The van der Waals surface area contributed by atoms with Gasteiger partial charge in [0, 0.05) is 18.3 Å². The van der Waals surface area contributed by atoms with E-state index < -0.39 is 5.60 Å². The Morgan fingerprint density at radius 3 is 1.83 bits per heavy atom. The molecule has 0 fully saturated rings. The lowest BCUT2D eigenvalue weighted by molar-refractivity contribution is -0.106. The topological polar surface area (TPSA) is 115 Å². The Kier molecular flexibility index (Phi) is 11.8. The second kappa shape index (κ2) is 12.6. The summed E-state index contributed by atoms with van der Waals surface area (Å²) < 4.78 is 18.7. The van der Waals surface area contributed by atoms with Crippen LogP contribution in [0.25, 0.3) is 0 Å². The Bertz CT molecular complexity index is 770. The highest BCUT2D eigenvalue weighted by Gasteiger charge is 2.22. The summed E-state index contributed by atoms with van der Waals surface area (Å²) in [6.07, 6.45) is 0.250. The fraction of sp³-hybridized carbons (Fsp3) is 0.500. The minimum atomic E-state index is -0.860. The van der Waals surface area contributed by atoms with Gasteiger partial charge in [0.1, 0.15) is 11.6 Å².